The van der Waals surface area contributed by atoms with Crippen molar-refractivity contribution >= 4 is 11.9 Å². The first-order chi connectivity index (χ1) is 18.4. The Hall–Kier alpha value is -4.25. The molecule has 0 saturated heterocycles. The lowest BCUT2D eigenvalue weighted by Gasteiger charge is -2.24. The third-order valence-electron chi connectivity index (χ3n) is 5.49. The van der Waals surface area contributed by atoms with Gasteiger partial charge < -0.3 is 29.3 Å². The van der Waals surface area contributed by atoms with Crippen LogP contribution in [0, 0.1) is 0 Å². The summed E-state index contributed by atoms with van der Waals surface area (Å²) in [5, 5.41) is 14.8. The van der Waals surface area contributed by atoms with Gasteiger partial charge in [-0.3, -0.25) is 0 Å². The Morgan fingerprint density at radius 3 is 1.97 bits per heavy atom. The molecule has 1 atom stereocenters. The summed E-state index contributed by atoms with van der Waals surface area (Å²) in [6, 6.07) is 20.4. The molecule has 0 aliphatic heterocycles. The molecule has 0 amide bonds. The number of aliphatic carboxylic acids is 2. The average molecular weight is 550 g/mol. The molecular formula is C28H30F3NO7. The Labute approximate surface area is 224 Å². The SMILES string of the molecule is COc1ccc(C(CCN(C)Cc2ccccc2)Oc2ccc(C(F)(F)F)cc2)cc1OC.O=C(O)C(=O)O. The Morgan fingerprint density at radius 1 is 0.872 bits per heavy atom. The minimum absolute atomic E-state index is 0.369. The van der Waals surface area contributed by atoms with Crippen LogP contribution in [0.1, 0.15) is 29.2 Å². The van der Waals surface area contributed by atoms with Crippen molar-refractivity contribution in [3.8, 4) is 17.2 Å². The van der Waals surface area contributed by atoms with Crippen molar-refractivity contribution in [3.05, 3.63) is 89.5 Å². The molecule has 1 unspecified atom stereocenters. The first-order valence-corrected chi connectivity index (χ1v) is 11.7. The summed E-state index contributed by atoms with van der Waals surface area (Å²) >= 11 is 0. The fourth-order valence-electron chi connectivity index (χ4n) is 3.55. The number of halogens is 3. The van der Waals surface area contributed by atoms with E-state index in [2.05, 4.69) is 17.0 Å². The van der Waals surface area contributed by atoms with Gasteiger partial charge in [0.25, 0.3) is 0 Å². The zero-order chi connectivity index (χ0) is 29.0. The van der Waals surface area contributed by atoms with Gasteiger partial charge in [-0.2, -0.15) is 13.2 Å². The number of rotatable bonds is 10. The molecule has 3 rings (SSSR count). The van der Waals surface area contributed by atoms with Gasteiger partial charge in [-0.25, -0.2) is 9.59 Å². The van der Waals surface area contributed by atoms with Gasteiger partial charge in [0, 0.05) is 19.5 Å². The fraction of sp³-hybridized carbons (Fsp3) is 0.286. The number of methoxy groups -OCH3 is 2. The van der Waals surface area contributed by atoms with Crippen LogP contribution < -0.4 is 14.2 Å². The van der Waals surface area contributed by atoms with Crippen LogP contribution in [0.15, 0.2) is 72.8 Å². The van der Waals surface area contributed by atoms with Crippen LogP contribution >= 0.6 is 0 Å². The fourth-order valence-corrected chi connectivity index (χ4v) is 3.55. The molecule has 210 valence electrons. The summed E-state index contributed by atoms with van der Waals surface area (Å²) in [5.74, 6) is -2.12. The van der Waals surface area contributed by atoms with Gasteiger partial charge in [-0.1, -0.05) is 36.4 Å². The molecule has 0 bridgehead atoms. The maximum atomic E-state index is 12.9. The molecule has 3 aromatic rings. The van der Waals surface area contributed by atoms with Crippen molar-refractivity contribution in [2.45, 2.75) is 25.2 Å². The predicted molar refractivity (Wildman–Crippen MR) is 137 cm³/mol. The number of hydrogen-bond donors (Lipinski definition) is 2. The number of benzene rings is 3. The standard InChI is InChI=1S/C26H28F3NO3.C2H2O4/c1-30(18-19-7-5-4-6-8-19)16-15-23(20-9-14-24(31-2)25(17-20)32-3)33-22-12-10-21(11-13-22)26(27,28)29;3-1(4)2(5)6/h4-14,17,23H,15-16,18H2,1-3H3;(H,3,4)(H,5,6). The summed E-state index contributed by atoms with van der Waals surface area (Å²) in [6.07, 6.45) is -4.15. The zero-order valence-electron chi connectivity index (χ0n) is 21.6. The van der Waals surface area contributed by atoms with Crippen molar-refractivity contribution < 1.29 is 47.2 Å². The Balaban J connectivity index is 0.000000798. The largest absolute Gasteiger partial charge is 0.493 e. The van der Waals surface area contributed by atoms with Gasteiger partial charge in [-0.05, 0) is 54.6 Å². The van der Waals surface area contributed by atoms with E-state index in [1.807, 2.05) is 37.4 Å². The number of carboxylic acids is 2. The van der Waals surface area contributed by atoms with Gasteiger partial charge in [0.2, 0.25) is 0 Å². The van der Waals surface area contributed by atoms with Crippen molar-refractivity contribution in [2.75, 3.05) is 27.8 Å². The van der Waals surface area contributed by atoms with Gasteiger partial charge >= 0.3 is 18.1 Å². The van der Waals surface area contributed by atoms with E-state index in [1.54, 1.807) is 20.3 Å². The molecule has 0 saturated carbocycles. The van der Waals surface area contributed by atoms with E-state index in [-0.39, 0.29) is 6.10 Å². The predicted octanol–water partition coefficient (Wildman–Crippen LogP) is 5.52. The Bertz CT molecular complexity index is 1190. The number of nitrogens with zero attached hydrogens (tertiary/aromatic N) is 1. The molecule has 8 nitrogen and oxygen atoms in total. The van der Waals surface area contributed by atoms with Gasteiger partial charge in [0.15, 0.2) is 11.5 Å². The van der Waals surface area contributed by atoms with Crippen LogP contribution in [0.5, 0.6) is 17.2 Å². The molecule has 0 heterocycles. The van der Waals surface area contributed by atoms with Crippen molar-refractivity contribution in [3.63, 3.8) is 0 Å². The summed E-state index contributed by atoms with van der Waals surface area (Å²) in [4.78, 5) is 20.4. The molecule has 0 radical (unpaired) electrons. The Morgan fingerprint density at radius 2 is 1.46 bits per heavy atom. The lowest BCUT2D eigenvalue weighted by atomic mass is 10.0. The third kappa shape index (κ3) is 10.2. The Kier molecular flexibility index (Phi) is 11.6. The minimum Gasteiger partial charge on any atom is -0.493 e. The zero-order valence-corrected chi connectivity index (χ0v) is 21.6. The minimum atomic E-state index is -4.39. The van der Waals surface area contributed by atoms with Crippen molar-refractivity contribution in [1.82, 2.24) is 4.90 Å². The summed E-state index contributed by atoms with van der Waals surface area (Å²) in [6.45, 7) is 1.49. The molecule has 0 aromatic heterocycles. The summed E-state index contributed by atoms with van der Waals surface area (Å²) < 4.78 is 55.6. The van der Waals surface area contributed by atoms with E-state index in [0.717, 1.165) is 24.2 Å². The van der Waals surface area contributed by atoms with Gasteiger partial charge in [0.1, 0.15) is 11.9 Å². The van der Waals surface area contributed by atoms with Crippen LogP contribution in [0.25, 0.3) is 0 Å². The second-order valence-corrected chi connectivity index (χ2v) is 8.37. The number of carboxylic acid groups (broad SMARTS) is 2. The first-order valence-electron chi connectivity index (χ1n) is 11.7. The van der Waals surface area contributed by atoms with E-state index in [4.69, 9.17) is 34.0 Å². The highest BCUT2D eigenvalue weighted by atomic mass is 19.4. The highest BCUT2D eigenvalue weighted by Crippen LogP contribution is 2.35. The van der Waals surface area contributed by atoms with Crippen LogP contribution in [0.4, 0.5) is 13.2 Å². The van der Waals surface area contributed by atoms with E-state index in [9.17, 15) is 13.2 Å². The van der Waals surface area contributed by atoms with E-state index < -0.39 is 23.7 Å². The number of carbonyl (C=O) groups is 2. The molecule has 0 spiro atoms. The highest BCUT2D eigenvalue weighted by Gasteiger charge is 2.30. The maximum Gasteiger partial charge on any atom is 0.416 e. The molecular weight excluding hydrogens is 519 g/mol. The normalized spacial score (nSPS) is 11.7. The molecule has 0 aliphatic carbocycles. The monoisotopic (exact) mass is 549 g/mol. The van der Waals surface area contributed by atoms with Gasteiger partial charge in [0.05, 0.1) is 19.8 Å². The topological polar surface area (TPSA) is 106 Å². The molecule has 0 fully saturated rings. The third-order valence-corrected chi connectivity index (χ3v) is 5.49. The smallest absolute Gasteiger partial charge is 0.416 e. The van der Waals surface area contributed by atoms with E-state index in [0.29, 0.717) is 30.2 Å². The molecule has 0 aliphatic rings. The van der Waals surface area contributed by atoms with Crippen LogP contribution in [0.2, 0.25) is 0 Å². The highest BCUT2D eigenvalue weighted by molar-refractivity contribution is 6.27. The second-order valence-electron chi connectivity index (χ2n) is 8.37. The van der Waals surface area contributed by atoms with Crippen LogP contribution in [-0.4, -0.2) is 54.9 Å². The summed E-state index contributed by atoms with van der Waals surface area (Å²) in [7, 11) is 5.14. The van der Waals surface area contributed by atoms with Gasteiger partial charge in [-0.15, -0.1) is 0 Å². The molecule has 39 heavy (non-hydrogen) atoms. The second kappa shape index (κ2) is 14.6. The van der Waals surface area contributed by atoms with Crippen molar-refractivity contribution in [1.29, 1.82) is 0 Å². The first kappa shape index (κ1) is 31.0. The lowest BCUT2D eigenvalue weighted by Crippen LogP contribution is -2.22. The van der Waals surface area contributed by atoms with E-state index in [1.165, 1.54) is 17.7 Å². The molecule has 11 heteroatoms. The van der Waals surface area contributed by atoms with Crippen LogP contribution in [0.3, 0.4) is 0 Å². The van der Waals surface area contributed by atoms with Crippen molar-refractivity contribution in [2.24, 2.45) is 0 Å². The molecule has 2 N–H and O–H groups in total. The molecule has 3 aromatic carbocycles. The van der Waals surface area contributed by atoms with E-state index >= 15 is 0 Å². The number of ether oxygens (including phenoxy) is 3. The number of alkyl halides is 3. The number of hydrogen-bond acceptors (Lipinski definition) is 6. The average Bonchev–Trinajstić information content (AvgIpc) is 2.91. The summed E-state index contributed by atoms with van der Waals surface area (Å²) in [5.41, 5.74) is 1.34. The quantitative estimate of drug-likeness (QED) is 0.319. The van der Waals surface area contributed by atoms with Crippen LogP contribution in [-0.2, 0) is 22.3 Å². The lowest BCUT2D eigenvalue weighted by molar-refractivity contribution is -0.159. The maximum absolute atomic E-state index is 12.9.